The second kappa shape index (κ2) is 5.26. The van der Waals surface area contributed by atoms with E-state index in [1.807, 2.05) is 12.1 Å². The van der Waals surface area contributed by atoms with Crippen LogP contribution in [0.25, 0.3) is 5.69 Å². The summed E-state index contributed by atoms with van der Waals surface area (Å²) < 4.78 is 6.70. The predicted molar refractivity (Wildman–Crippen MR) is 61.7 cm³/mol. The minimum atomic E-state index is -0.885. The van der Waals surface area contributed by atoms with Gasteiger partial charge >= 0.3 is 5.97 Å². The molecule has 1 aromatic carbocycles. The molecule has 18 heavy (non-hydrogen) atoms. The summed E-state index contributed by atoms with van der Waals surface area (Å²) in [5.74, 6) is 0.229. The highest BCUT2D eigenvalue weighted by Crippen LogP contribution is 2.21. The third kappa shape index (κ3) is 2.45. The molecule has 0 fully saturated rings. The third-order valence-corrected chi connectivity index (χ3v) is 2.41. The number of methoxy groups -OCH3 is 1. The third-order valence-electron chi connectivity index (χ3n) is 2.41. The Bertz CT molecular complexity index is 553. The van der Waals surface area contributed by atoms with Crippen molar-refractivity contribution in [3.63, 3.8) is 0 Å². The number of aromatic nitrogens is 4. The molecule has 7 heteroatoms. The van der Waals surface area contributed by atoms with Crippen molar-refractivity contribution in [3.05, 3.63) is 30.1 Å². The summed E-state index contributed by atoms with van der Waals surface area (Å²) in [6, 6.07) is 7.27. The lowest BCUT2D eigenvalue weighted by Crippen LogP contribution is -2.07. The fourth-order valence-electron chi connectivity index (χ4n) is 1.57. The first-order valence-electron chi connectivity index (χ1n) is 5.35. The predicted octanol–water partition coefficient (Wildman–Crippen LogP) is 0.688. The van der Waals surface area contributed by atoms with Gasteiger partial charge in [-0.1, -0.05) is 12.1 Å². The molecule has 0 aliphatic carbocycles. The van der Waals surface area contributed by atoms with E-state index in [2.05, 4.69) is 15.5 Å². The first-order chi connectivity index (χ1) is 8.72. The largest absolute Gasteiger partial charge is 0.494 e. The van der Waals surface area contributed by atoms with Crippen LogP contribution < -0.4 is 4.74 Å². The van der Waals surface area contributed by atoms with Gasteiger partial charge in [0.05, 0.1) is 13.5 Å². The minimum Gasteiger partial charge on any atom is -0.494 e. The number of tetrazole rings is 1. The number of hydrogen-bond donors (Lipinski definition) is 1. The monoisotopic (exact) mass is 248 g/mol. The number of para-hydroxylation sites is 2. The number of rotatable bonds is 5. The summed E-state index contributed by atoms with van der Waals surface area (Å²) >= 11 is 0. The molecule has 0 unspecified atom stereocenters. The highest BCUT2D eigenvalue weighted by atomic mass is 16.5. The highest BCUT2D eigenvalue weighted by molar-refractivity contribution is 5.66. The highest BCUT2D eigenvalue weighted by Gasteiger charge is 2.13. The van der Waals surface area contributed by atoms with Crippen LogP contribution in [0.2, 0.25) is 0 Å². The zero-order valence-corrected chi connectivity index (χ0v) is 9.78. The smallest absolute Gasteiger partial charge is 0.303 e. The summed E-state index contributed by atoms with van der Waals surface area (Å²) in [5.41, 5.74) is 0.686. The molecule has 0 bridgehead atoms. The summed E-state index contributed by atoms with van der Waals surface area (Å²) in [5, 5.41) is 19.9. The van der Waals surface area contributed by atoms with E-state index in [9.17, 15) is 4.79 Å². The number of carboxylic acid groups (broad SMARTS) is 1. The van der Waals surface area contributed by atoms with E-state index in [1.54, 1.807) is 19.2 Å². The molecule has 0 spiro atoms. The maximum atomic E-state index is 10.6. The van der Waals surface area contributed by atoms with Gasteiger partial charge in [-0.2, -0.15) is 4.68 Å². The molecular weight excluding hydrogens is 236 g/mol. The van der Waals surface area contributed by atoms with Gasteiger partial charge in [-0.3, -0.25) is 4.79 Å². The van der Waals surface area contributed by atoms with E-state index in [0.29, 0.717) is 17.3 Å². The average molecular weight is 248 g/mol. The normalized spacial score (nSPS) is 10.3. The van der Waals surface area contributed by atoms with Gasteiger partial charge in [0.1, 0.15) is 11.4 Å². The van der Waals surface area contributed by atoms with E-state index in [1.165, 1.54) is 4.68 Å². The molecule has 2 aromatic rings. The zero-order valence-electron chi connectivity index (χ0n) is 9.78. The molecule has 0 amide bonds. The number of benzene rings is 1. The minimum absolute atomic E-state index is 0.0183. The molecule has 94 valence electrons. The van der Waals surface area contributed by atoms with Crippen LogP contribution in [0.5, 0.6) is 5.75 Å². The van der Waals surface area contributed by atoms with Crippen LogP contribution in [0.4, 0.5) is 0 Å². The molecule has 0 atom stereocenters. The number of ether oxygens (including phenoxy) is 1. The Labute approximate surface area is 103 Å². The zero-order chi connectivity index (χ0) is 13.0. The molecule has 7 nitrogen and oxygen atoms in total. The number of aliphatic carboxylic acids is 1. The first kappa shape index (κ1) is 12.0. The SMILES string of the molecule is COc1ccccc1-n1nnnc1CCC(=O)O. The maximum absolute atomic E-state index is 10.6. The Morgan fingerprint density at radius 1 is 1.44 bits per heavy atom. The summed E-state index contributed by atoms with van der Waals surface area (Å²) in [7, 11) is 1.56. The van der Waals surface area contributed by atoms with Gasteiger partial charge in [0, 0.05) is 6.42 Å². The van der Waals surface area contributed by atoms with Crippen LogP contribution in [0, 0.1) is 0 Å². The average Bonchev–Trinajstić information content (AvgIpc) is 2.84. The van der Waals surface area contributed by atoms with Gasteiger partial charge in [0.2, 0.25) is 0 Å². The van der Waals surface area contributed by atoms with Crippen LogP contribution in [-0.4, -0.2) is 38.4 Å². The maximum Gasteiger partial charge on any atom is 0.303 e. The number of aryl methyl sites for hydroxylation is 1. The lowest BCUT2D eigenvalue weighted by Gasteiger charge is -2.08. The first-order valence-corrected chi connectivity index (χ1v) is 5.35. The molecule has 0 saturated carbocycles. The van der Waals surface area contributed by atoms with Gasteiger partial charge in [0.25, 0.3) is 0 Å². The van der Waals surface area contributed by atoms with E-state index in [0.717, 1.165) is 0 Å². The van der Waals surface area contributed by atoms with Gasteiger partial charge in [-0.05, 0) is 22.6 Å². The topological polar surface area (TPSA) is 90.1 Å². The van der Waals surface area contributed by atoms with E-state index >= 15 is 0 Å². The summed E-state index contributed by atoms with van der Waals surface area (Å²) in [4.78, 5) is 10.6. The van der Waals surface area contributed by atoms with Crippen molar-refractivity contribution >= 4 is 5.97 Å². The lowest BCUT2D eigenvalue weighted by molar-refractivity contribution is -0.137. The molecule has 0 radical (unpaired) electrons. The number of carbonyl (C=O) groups is 1. The Hall–Kier alpha value is -2.44. The van der Waals surface area contributed by atoms with Gasteiger partial charge in [-0.15, -0.1) is 5.10 Å². The van der Waals surface area contributed by atoms with Crippen LogP contribution >= 0.6 is 0 Å². The second-order valence-electron chi connectivity index (χ2n) is 3.57. The van der Waals surface area contributed by atoms with Gasteiger partial charge in [-0.25, -0.2) is 0 Å². The van der Waals surface area contributed by atoms with E-state index in [4.69, 9.17) is 9.84 Å². The van der Waals surface area contributed by atoms with Crippen molar-refractivity contribution < 1.29 is 14.6 Å². The molecule has 0 aliphatic heterocycles. The van der Waals surface area contributed by atoms with Crippen molar-refractivity contribution in [1.82, 2.24) is 20.2 Å². The molecular formula is C11H12N4O3. The Morgan fingerprint density at radius 2 is 2.22 bits per heavy atom. The Balaban J connectivity index is 2.33. The molecule has 1 N–H and O–H groups in total. The lowest BCUT2D eigenvalue weighted by atomic mass is 10.2. The Kier molecular flexibility index (Phi) is 3.52. The number of nitrogens with zero attached hydrogens (tertiary/aromatic N) is 4. The molecule has 1 aromatic heterocycles. The van der Waals surface area contributed by atoms with Crippen LogP contribution in [0.3, 0.4) is 0 Å². The van der Waals surface area contributed by atoms with Crippen molar-refractivity contribution in [1.29, 1.82) is 0 Å². The summed E-state index contributed by atoms with van der Waals surface area (Å²) in [6.45, 7) is 0. The van der Waals surface area contributed by atoms with E-state index < -0.39 is 5.97 Å². The van der Waals surface area contributed by atoms with Gasteiger partial charge < -0.3 is 9.84 Å². The van der Waals surface area contributed by atoms with Crippen LogP contribution in [0.1, 0.15) is 12.2 Å². The van der Waals surface area contributed by atoms with Crippen LogP contribution in [0.15, 0.2) is 24.3 Å². The van der Waals surface area contributed by atoms with Crippen molar-refractivity contribution in [3.8, 4) is 11.4 Å². The molecule has 2 rings (SSSR count). The molecule has 1 heterocycles. The van der Waals surface area contributed by atoms with Crippen LogP contribution in [-0.2, 0) is 11.2 Å². The quantitative estimate of drug-likeness (QED) is 0.837. The van der Waals surface area contributed by atoms with Crippen molar-refractivity contribution in [2.75, 3.05) is 7.11 Å². The van der Waals surface area contributed by atoms with E-state index in [-0.39, 0.29) is 12.8 Å². The fourth-order valence-corrected chi connectivity index (χ4v) is 1.57. The number of hydrogen-bond acceptors (Lipinski definition) is 5. The van der Waals surface area contributed by atoms with Gasteiger partial charge in [0.15, 0.2) is 5.82 Å². The molecule has 0 saturated heterocycles. The fraction of sp³-hybridized carbons (Fsp3) is 0.273. The Morgan fingerprint density at radius 3 is 2.94 bits per heavy atom. The van der Waals surface area contributed by atoms with Crippen molar-refractivity contribution in [2.24, 2.45) is 0 Å². The standard InChI is InChI=1S/C11H12N4O3/c1-18-9-5-3-2-4-8(9)15-10(12-13-14-15)6-7-11(16)17/h2-5H,6-7H2,1H3,(H,16,17). The second-order valence-corrected chi connectivity index (χ2v) is 3.57. The van der Waals surface area contributed by atoms with Crippen molar-refractivity contribution in [2.45, 2.75) is 12.8 Å². The summed E-state index contributed by atoms with van der Waals surface area (Å²) in [6.07, 6.45) is 0.246. The molecule has 0 aliphatic rings. The number of carboxylic acids is 1.